The lowest BCUT2D eigenvalue weighted by molar-refractivity contribution is -0.278. The number of aliphatic hydroxyl groups is 3. The minimum absolute atomic E-state index is 0.0766. The second-order valence-corrected chi connectivity index (χ2v) is 14.1. The Bertz CT molecular complexity index is 2040. The lowest BCUT2D eigenvalue weighted by Gasteiger charge is -2.37. The maximum Gasteiger partial charge on any atom is 0.340 e. The molecule has 0 radical (unpaired) electrons. The number of imidazole rings is 1. The summed E-state index contributed by atoms with van der Waals surface area (Å²) < 4.78 is 32.3. The number of hydrogen-bond acceptors (Lipinski definition) is 11. The fraction of sp³-hybridized carbons (Fsp3) is 0.351. The van der Waals surface area contributed by atoms with E-state index in [0.29, 0.717) is 11.3 Å². The minimum Gasteiger partial charge on any atom is -0.488 e. The number of aliphatic carboxylic acids is 1. The molecule has 0 unspecified atom stereocenters. The van der Waals surface area contributed by atoms with Crippen LogP contribution >= 0.6 is 11.3 Å². The number of nitrogens with zero attached hydrogens (tertiary/aromatic N) is 3. The Morgan fingerprint density at radius 2 is 1.63 bits per heavy atom. The SMILES string of the molecule is Cc1nc(-c2ccc(F)cc2)c(COc2ccc(-c3nc4cc(C(=O)O[C@@H]5O[C@H](C(=O)O)[C@@H](O)[C@H](O)[C@@H]5O)ccc4n3C3CCCCC3)cc2)s1. The number of hydrogen-bond donors (Lipinski definition) is 4. The predicted molar refractivity (Wildman–Crippen MR) is 184 cm³/mol. The molecule has 5 atom stereocenters. The van der Waals surface area contributed by atoms with Crippen LogP contribution in [0, 0.1) is 12.7 Å². The van der Waals surface area contributed by atoms with Gasteiger partial charge in [-0.25, -0.2) is 23.9 Å². The van der Waals surface area contributed by atoms with Crippen LogP contribution < -0.4 is 4.74 Å². The molecule has 1 aliphatic carbocycles. The van der Waals surface area contributed by atoms with Crippen LogP contribution in [0.4, 0.5) is 4.39 Å². The average molecular weight is 718 g/mol. The molecule has 266 valence electrons. The highest BCUT2D eigenvalue weighted by molar-refractivity contribution is 7.12. The van der Waals surface area contributed by atoms with Gasteiger partial charge in [-0.15, -0.1) is 11.3 Å². The van der Waals surface area contributed by atoms with Crippen LogP contribution in [-0.4, -0.2) is 77.6 Å². The number of benzene rings is 3. The van der Waals surface area contributed by atoms with Crippen molar-refractivity contribution in [1.82, 2.24) is 14.5 Å². The summed E-state index contributed by atoms with van der Waals surface area (Å²) in [6.45, 7) is 2.21. The van der Waals surface area contributed by atoms with Crippen molar-refractivity contribution >= 4 is 34.3 Å². The van der Waals surface area contributed by atoms with Gasteiger partial charge in [-0.3, -0.25) is 0 Å². The van der Waals surface area contributed by atoms with Gasteiger partial charge in [-0.2, -0.15) is 0 Å². The molecule has 0 bridgehead atoms. The number of rotatable bonds is 9. The second-order valence-electron chi connectivity index (χ2n) is 12.8. The molecule has 4 N–H and O–H groups in total. The van der Waals surface area contributed by atoms with Crippen LogP contribution in [0.3, 0.4) is 0 Å². The smallest absolute Gasteiger partial charge is 0.340 e. The van der Waals surface area contributed by atoms with Crippen LogP contribution in [-0.2, 0) is 20.9 Å². The number of thiazole rings is 1. The summed E-state index contributed by atoms with van der Waals surface area (Å²) in [6.07, 6.45) is -4.12. The molecule has 3 heterocycles. The molecule has 2 aromatic heterocycles. The van der Waals surface area contributed by atoms with Crippen LogP contribution in [0.2, 0.25) is 0 Å². The zero-order valence-electron chi connectivity index (χ0n) is 27.5. The Hall–Kier alpha value is -4.73. The van der Waals surface area contributed by atoms with Crippen molar-refractivity contribution in [2.24, 2.45) is 0 Å². The van der Waals surface area contributed by atoms with Crippen molar-refractivity contribution in [3.05, 3.63) is 88.0 Å². The number of fused-ring (bicyclic) bond motifs is 1. The van der Waals surface area contributed by atoms with E-state index in [4.69, 9.17) is 19.2 Å². The number of ether oxygens (including phenoxy) is 3. The summed E-state index contributed by atoms with van der Waals surface area (Å²) in [4.78, 5) is 35.2. The molecule has 3 aromatic carbocycles. The summed E-state index contributed by atoms with van der Waals surface area (Å²) in [6, 6.07) is 18.9. The molecule has 12 nitrogen and oxygen atoms in total. The summed E-state index contributed by atoms with van der Waals surface area (Å²) in [5.41, 5.74) is 3.86. The third kappa shape index (κ3) is 7.10. The van der Waals surface area contributed by atoms with Crippen molar-refractivity contribution in [3.63, 3.8) is 0 Å². The molecule has 51 heavy (non-hydrogen) atoms. The molecule has 2 fully saturated rings. The van der Waals surface area contributed by atoms with E-state index in [9.17, 15) is 34.4 Å². The Morgan fingerprint density at radius 1 is 0.922 bits per heavy atom. The first kappa shape index (κ1) is 34.7. The first-order valence-corrected chi connectivity index (χ1v) is 17.5. The van der Waals surface area contributed by atoms with E-state index in [1.54, 1.807) is 30.3 Å². The van der Waals surface area contributed by atoms with Crippen LogP contribution in [0.25, 0.3) is 33.7 Å². The van der Waals surface area contributed by atoms with Gasteiger partial charge < -0.3 is 39.2 Å². The van der Waals surface area contributed by atoms with Crippen molar-refractivity contribution in [3.8, 4) is 28.4 Å². The van der Waals surface area contributed by atoms with Crippen LogP contribution in [0.1, 0.15) is 58.4 Å². The van der Waals surface area contributed by atoms with Gasteiger partial charge in [-0.1, -0.05) is 19.3 Å². The van der Waals surface area contributed by atoms with E-state index in [0.717, 1.165) is 70.2 Å². The lowest BCUT2D eigenvalue weighted by atomic mass is 9.95. The minimum atomic E-state index is -1.91. The molecular weight excluding hydrogens is 681 g/mol. The molecule has 14 heteroatoms. The van der Waals surface area contributed by atoms with Crippen LogP contribution in [0.5, 0.6) is 5.75 Å². The number of aromatic nitrogens is 3. The lowest BCUT2D eigenvalue weighted by Crippen LogP contribution is -2.60. The quantitative estimate of drug-likeness (QED) is 0.144. The zero-order valence-corrected chi connectivity index (χ0v) is 28.3. The molecule has 1 saturated heterocycles. The summed E-state index contributed by atoms with van der Waals surface area (Å²) in [5.74, 6) is -1.45. The highest BCUT2D eigenvalue weighted by atomic mass is 32.1. The Labute approximate surface area is 295 Å². The van der Waals surface area contributed by atoms with Crippen molar-refractivity contribution in [2.75, 3.05) is 0 Å². The van der Waals surface area contributed by atoms with Gasteiger partial charge in [0.05, 0.1) is 32.2 Å². The number of halogens is 1. The average Bonchev–Trinajstić information content (AvgIpc) is 3.71. The fourth-order valence-corrected chi connectivity index (χ4v) is 7.58. The molecule has 1 saturated carbocycles. The number of carbonyl (C=O) groups is 2. The monoisotopic (exact) mass is 717 g/mol. The number of aryl methyl sites for hydroxylation is 1. The topological polar surface area (TPSA) is 173 Å². The number of carboxylic acids is 1. The molecular formula is C37H36FN3O9S. The molecule has 1 aliphatic heterocycles. The Balaban J connectivity index is 1.13. The summed E-state index contributed by atoms with van der Waals surface area (Å²) in [5, 5.41) is 40.6. The Morgan fingerprint density at radius 3 is 2.33 bits per heavy atom. The van der Waals surface area contributed by atoms with Gasteiger partial charge in [0.25, 0.3) is 0 Å². The summed E-state index contributed by atoms with van der Waals surface area (Å²) in [7, 11) is 0. The standard InChI is InChI=1S/C37H36FN3O9S/c1-19-39-29(20-7-12-23(38)13-8-20)28(51-19)18-48-25-14-9-21(10-15-25)34-40-26-17-22(11-16-27(26)41(34)24-5-3-2-4-6-24)36(47)50-37-32(44)30(42)31(43)33(49-37)35(45)46/h7-17,24,30-33,37,42-44H,2-6,18H2,1H3,(H,45,46)/t30-,31-,32-,33-,37-/m0/s1. The number of carbonyl (C=O) groups excluding carboxylic acids is 1. The zero-order chi connectivity index (χ0) is 35.8. The maximum atomic E-state index is 13.5. The van der Waals surface area contributed by atoms with Gasteiger partial charge in [0.15, 0.2) is 6.10 Å². The molecule has 0 amide bonds. The Kier molecular flexibility index (Phi) is 9.86. The third-order valence-corrected chi connectivity index (χ3v) is 10.2. The first-order valence-electron chi connectivity index (χ1n) is 16.7. The second kappa shape index (κ2) is 14.5. The summed E-state index contributed by atoms with van der Waals surface area (Å²) >= 11 is 1.53. The highest BCUT2D eigenvalue weighted by Crippen LogP contribution is 2.37. The van der Waals surface area contributed by atoms with Crippen LogP contribution in [0.15, 0.2) is 66.7 Å². The molecule has 2 aliphatic rings. The van der Waals surface area contributed by atoms with Gasteiger partial charge in [-0.05, 0) is 86.5 Å². The first-order chi connectivity index (χ1) is 24.6. The number of aliphatic hydroxyl groups excluding tert-OH is 3. The molecule has 7 rings (SSSR count). The van der Waals surface area contributed by atoms with Crippen molar-refractivity contribution in [1.29, 1.82) is 0 Å². The van der Waals surface area contributed by atoms with E-state index in [-0.39, 0.29) is 24.0 Å². The number of carboxylic acid groups (broad SMARTS) is 1. The molecule has 5 aromatic rings. The van der Waals surface area contributed by atoms with E-state index < -0.39 is 42.6 Å². The van der Waals surface area contributed by atoms with Gasteiger partial charge in [0, 0.05) is 17.2 Å². The van der Waals surface area contributed by atoms with Gasteiger partial charge in [0.2, 0.25) is 6.29 Å². The van der Waals surface area contributed by atoms with E-state index in [1.165, 1.54) is 23.5 Å². The van der Waals surface area contributed by atoms with E-state index in [1.807, 2.05) is 31.2 Å². The highest BCUT2D eigenvalue weighted by Gasteiger charge is 2.48. The maximum absolute atomic E-state index is 13.5. The molecule has 0 spiro atoms. The normalized spacial score (nSPS) is 22.6. The number of esters is 1. The predicted octanol–water partition coefficient (Wildman–Crippen LogP) is 5.41. The van der Waals surface area contributed by atoms with E-state index in [2.05, 4.69) is 9.55 Å². The van der Waals surface area contributed by atoms with Crippen molar-refractivity contribution in [2.45, 2.75) is 82.4 Å². The van der Waals surface area contributed by atoms with Crippen molar-refractivity contribution < 1.29 is 48.6 Å². The fourth-order valence-electron chi connectivity index (χ4n) is 6.71. The van der Waals surface area contributed by atoms with E-state index >= 15 is 0 Å². The largest absolute Gasteiger partial charge is 0.488 e. The van der Waals surface area contributed by atoms with Gasteiger partial charge in [0.1, 0.15) is 42.3 Å². The third-order valence-electron chi connectivity index (χ3n) is 9.31. The van der Waals surface area contributed by atoms with Gasteiger partial charge >= 0.3 is 11.9 Å².